The monoisotopic (exact) mass is 252 g/mol. The summed E-state index contributed by atoms with van der Waals surface area (Å²) in [6.07, 6.45) is 5.06. The summed E-state index contributed by atoms with van der Waals surface area (Å²) in [5.74, 6) is 1.27. The molecule has 1 aliphatic rings. The van der Waals surface area contributed by atoms with Crippen molar-refractivity contribution in [3.05, 3.63) is 11.7 Å². The highest BCUT2D eigenvalue weighted by Gasteiger charge is 2.25. The summed E-state index contributed by atoms with van der Waals surface area (Å²) >= 11 is 0. The molecule has 2 heterocycles. The van der Waals surface area contributed by atoms with E-state index in [-0.39, 0.29) is 0 Å². The molecule has 0 saturated carbocycles. The minimum Gasteiger partial charge on any atom is -0.338 e. The highest BCUT2D eigenvalue weighted by Crippen LogP contribution is 2.22. The van der Waals surface area contributed by atoms with Gasteiger partial charge < -0.3 is 10.3 Å². The van der Waals surface area contributed by atoms with Crippen LogP contribution in [0.3, 0.4) is 0 Å². The zero-order valence-electron chi connectivity index (χ0n) is 11.6. The second-order valence-corrected chi connectivity index (χ2v) is 5.76. The van der Waals surface area contributed by atoms with Gasteiger partial charge in [-0.15, -0.1) is 0 Å². The first-order valence-electron chi connectivity index (χ1n) is 6.86. The Kier molecular flexibility index (Phi) is 4.02. The molecule has 0 bridgehead atoms. The molecule has 18 heavy (non-hydrogen) atoms. The van der Waals surface area contributed by atoms with Crippen molar-refractivity contribution < 1.29 is 4.52 Å². The third kappa shape index (κ3) is 3.09. The van der Waals surface area contributed by atoms with E-state index >= 15 is 0 Å². The average molecular weight is 252 g/mol. The number of piperidine rings is 1. The fourth-order valence-corrected chi connectivity index (χ4v) is 2.49. The molecule has 102 valence electrons. The molecule has 5 nitrogen and oxygen atoms in total. The largest absolute Gasteiger partial charge is 0.338 e. The van der Waals surface area contributed by atoms with Crippen LogP contribution in [0.4, 0.5) is 0 Å². The highest BCUT2D eigenvalue weighted by molar-refractivity contribution is 4.99. The van der Waals surface area contributed by atoms with Crippen LogP contribution >= 0.6 is 0 Å². The third-order valence-corrected chi connectivity index (χ3v) is 3.60. The zero-order valence-corrected chi connectivity index (χ0v) is 11.6. The molecule has 2 N–H and O–H groups in total. The number of hydrogen-bond donors (Lipinski definition) is 1. The standard InChI is InChI=1S/C13H24N4O/c1-4-10-7-5-6-8-17(10)9-11-15-12(16-18-11)13(2,3)14/h10H,4-9,14H2,1-3H3. The van der Waals surface area contributed by atoms with E-state index in [4.69, 9.17) is 10.3 Å². The Balaban J connectivity index is 2.02. The summed E-state index contributed by atoms with van der Waals surface area (Å²) in [6.45, 7) is 7.89. The molecule has 1 aromatic rings. The normalized spacial score (nSPS) is 22.3. The van der Waals surface area contributed by atoms with E-state index in [2.05, 4.69) is 22.0 Å². The maximum atomic E-state index is 5.96. The third-order valence-electron chi connectivity index (χ3n) is 3.60. The Morgan fingerprint density at radius 1 is 1.44 bits per heavy atom. The van der Waals surface area contributed by atoms with Crippen molar-refractivity contribution in [2.45, 2.75) is 64.6 Å². The first kappa shape index (κ1) is 13.5. The van der Waals surface area contributed by atoms with E-state index in [0.29, 0.717) is 17.8 Å². The SMILES string of the molecule is CCC1CCCCN1Cc1nc(C(C)(C)N)no1. The summed E-state index contributed by atoms with van der Waals surface area (Å²) < 4.78 is 5.30. The van der Waals surface area contributed by atoms with Gasteiger partial charge in [0.25, 0.3) is 0 Å². The van der Waals surface area contributed by atoms with Crippen LogP contribution in [-0.4, -0.2) is 27.6 Å². The molecule has 1 fully saturated rings. The molecular weight excluding hydrogens is 228 g/mol. The van der Waals surface area contributed by atoms with Gasteiger partial charge in [0.05, 0.1) is 12.1 Å². The number of rotatable bonds is 4. The van der Waals surface area contributed by atoms with Gasteiger partial charge in [0, 0.05) is 6.04 Å². The van der Waals surface area contributed by atoms with Crippen LogP contribution < -0.4 is 5.73 Å². The van der Waals surface area contributed by atoms with Gasteiger partial charge in [-0.2, -0.15) is 4.98 Å². The predicted molar refractivity (Wildman–Crippen MR) is 69.9 cm³/mol. The first-order chi connectivity index (χ1) is 8.50. The Bertz CT molecular complexity index is 383. The molecule has 5 heteroatoms. The lowest BCUT2D eigenvalue weighted by Crippen LogP contribution is -2.38. The second-order valence-electron chi connectivity index (χ2n) is 5.76. The number of hydrogen-bond acceptors (Lipinski definition) is 5. The Morgan fingerprint density at radius 3 is 2.83 bits per heavy atom. The summed E-state index contributed by atoms with van der Waals surface area (Å²) in [5, 5.41) is 3.97. The molecule has 1 unspecified atom stereocenters. The molecule has 1 aromatic heterocycles. The zero-order chi connectivity index (χ0) is 13.2. The molecular formula is C13H24N4O. The van der Waals surface area contributed by atoms with E-state index in [1.54, 1.807) is 0 Å². The maximum Gasteiger partial charge on any atom is 0.240 e. The van der Waals surface area contributed by atoms with Crippen LogP contribution in [0.25, 0.3) is 0 Å². The summed E-state index contributed by atoms with van der Waals surface area (Å²) in [7, 11) is 0. The van der Waals surface area contributed by atoms with Gasteiger partial charge in [0.1, 0.15) is 0 Å². The second kappa shape index (κ2) is 5.36. The molecule has 1 aliphatic heterocycles. The Labute approximate surface area is 109 Å². The van der Waals surface area contributed by atoms with Crippen molar-refractivity contribution in [3.8, 4) is 0 Å². The lowest BCUT2D eigenvalue weighted by Gasteiger charge is -2.33. The molecule has 0 aliphatic carbocycles. The van der Waals surface area contributed by atoms with Gasteiger partial charge >= 0.3 is 0 Å². The number of nitrogens with zero attached hydrogens (tertiary/aromatic N) is 3. The van der Waals surface area contributed by atoms with Crippen LogP contribution in [0, 0.1) is 0 Å². The molecule has 0 radical (unpaired) electrons. The van der Waals surface area contributed by atoms with Gasteiger partial charge in [-0.1, -0.05) is 18.5 Å². The fourth-order valence-electron chi connectivity index (χ4n) is 2.49. The van der Waals surface area contributed by atoms with E-state index in [1.165, 1.54) is 25.7 Å². The van der Waals surface area contributed by atoms with Gasteiger partial charge in [-0.3, -0.25) is 4.90 Å². The average Bonchev–Trinajstić information content (AvgIpc) is 2.78. The van der Waals surface area contributed by atoms with Crippen LogP contribution in [0.15, 0.2) is 4.52 Å². The molecule has 0 amide bonds. The quantitative estimate of drug-likeness (QED) is 0.888. The first-order valence-corrected chi connectivity index (χ1v) is 6.86. The summed E-state index contributed by atoms with van der Waals surface area (Å²) in [4.78, 5) is 6.85. The van der Waals surface area contributed by atoms with Crippen LogP contribution in [0.2, 0.25) is 0 Å². The van der Waals surface area contributed by atoms with Crippen LogP contribution in [0.1, 0.15) is 58.2 Å². The highest BCUT2D eigenvalue weighted by atomic mass is 16.5. The van der Waals surface area contributed by atoms with Gasteiger partial charge in [-0.05, 0) is 39.7 Å². The van der Waals surface area contributed by atoms with E-state index in [1.807, 2.05) is 13.8 Å². The summed E-state index contributed by atoms with van der Waals surface area (Å²) in [5.41, 5.74) is 5.42. The van der Waals surface area contributed by atoms with Crippen molar-refractivity contribution >= 4 is 0 Å². The summed E-state index contributed by atoms with van der Waals surface area (Å²) in [6, 6.07) is 0.653. The predicted octanol–water partition coefficient (Wildman–Crippen LogP) is 2.03. The molecule has 2 rings (SSSR count). The number of likely N-dealkylation sites (tertiary alicyclic amines) is 1. The minimum absolute atomic E-state index is 0.534. The van der Waals surface area contributed by atoms with E-state index in [0.717, 1.165) is 13.1 Å². The van der Waals surface area contributed by atoms with Crippen molar-refractivity contribution in [2.75, 3.05) is 6.54 Å². The van der Waals surface area contributed by atoms with Crippen LogP contribution in [-0.2, 0) is 12.1 Å². The van der Waals surface area contributed by atoms with Crippen molar-refractivity contribution in [1.82, 2.24) is 15.0 Å². The van der Waals surface area contributed by atoms with Gasteiger partial charge in [0.2, 0.25) is 5.89 Å². The Hall–Kier alpha value is -0.940. The van der Waals surface area contributed by atoms with E-state index < -0.39 is 5.54 Å². The van der Waals surface area contributed by atoms with Crippen molar-refractivity contribution in [2.24, 2.45) is 5.73 Å². The van der Waals surface area contributed by atoms with E-state index in [9.17, 15) is 0 Å². The Morgan fingerprint density at radius 2 is 2.22 bits per heavy atom. The van der Waals surface area contributed by atoms with Crippen LogP contribution in [0.5, 0.6) is 0 Å². The number of nitrogens with two attached hydrogens (primary N) is 1. The lowest BCUT2D eigenvalue weighted by atomic mass is 10.0. The molecule has 0 spiro atoms. The lowest BCUT2D eigenvalue weighted by molar-refractivity contribution is 0.120. The smallest absolute Gasteiger partial charge is 0.240 e. The van der Waals surface area contributed by atoms with Gasteiger partial charge in [0.15, 0.2) is 5.82 Å². The maximum absolute atomic E-state index is 5.96. The topological polar surface area (TPSA) is 68.2 Å². The van der Waals surface area contributed by atoms with Crippen molar-refractivity contribution in [3.63, 3.8) is 0 Å². The molecule has 1 atom stereocenters. The fraction of sp³-hybridized carbons (Fsp3) is 0.846. The molecule has 0 aromatic carbocycles. The number of aromatic nitrogens is 2. The molecule has 1 saturated heterocycles. The van der Waals surface area contributed by atoms with Crippen molar-refractivity contribution in [1.29, 1.82) is 0 Å². The van der Waals surface area contributed by atoms with Gasteiger partial charge in [-0.25, -0.2) is 0 Å². The minimum atomic E-state index is -0.534.